The van der Waals surface area contributed by atoms with Gasteiger partial charge >= 0.3 is 0 Å². The third kappa shape index (κ3) is 2.23. The molecule has 2 atom stereocenters. The molecule has 2 rings (SSSR count). The highest BCUT2D eigenvalue weighted by Crippen LogP contribution is 2.51. The summed E-state index contributed by atoms with van der Waals surface area (Å²) in [5, 5.41) is 4.60. The second-order valence-corrected chi connectivity index (χ2v) is 6.86. The molecule has 0 radical (unpaired) electrons. The third-order valence-electron chi connectivity index (χ3n) is 4.69. The van der Waals surface area contributed by atoms with Crippen LogP contribution in [0.15, 0.2) is 11.4 Å². The van der Waals surface area contributed by atoms with Gasteiger partial charge in [-0.25, -0.2) is 0 Å². The average molecular weight is 296 g/mol. The number of carbonyl (C=O) groups excluding carboxylic acids is 2. The molecule has 6 heteroatoms. The van der Waals surface area contributed by atoms with Gasteiger partial charge in [-0.15, -0.1) is 11.3 Å². The molecule has 1 fully saturated rings. The van der Waals surface area contributed by atoms with Gasteiger partial charge < -0.3 is 15.8 Å². The van der Waals surface area contributed by atoms with Crippen molar-refractivity contribution in [2.75, 3.05) is 7.11 Å². The Balaban J connectivity index is 2.04. The summed E-state index contributed by atoms with van der Waals surface area (Å²) in [6.07, 6.45) is 0.774. The van der Waals surface area contributed by atoms with Crippen LogP contribution >= 0.6 is 11.3 Å². The van der Waals surface area contributed by atoms with Crippen LogP contribution in [0.2, 0.25) is 0 Å². The number of methoxy groups -OCH3 is 1. The summed E-state index contributed by atoms with van der Waals surface area (Å²) in [6.45, 7) is 6.20. The monoisotopic (exact) mass is 296 g/mol. The molecule has 0 aliphatic heterocycles. The number of amides is 2. The van der Waals surface area contributed by atoms with E-state index in [-0.39, 0.29) is 23.0 Å². The first-order valence-electron chi connectivity index (χ1n) is 6.45. The number of rotatable bonds is 4. The van der Waals surface area contributed by atoms with E-state index in [4.69, 9.17) is 10.5 Å². The zero-order valence-electron chi connectivity index (χ0n) is 12.1. The molecular formula is C14H20N2O3S. The lowest BCUT2D eigenvalue weighted by molar-refractivity contribution is -0.177. The van der Waals surface area contributed by atoms with Crippen molar-refractivity contribution < 1.29 is 14.3 Å². The van der Waals surface area contributed by atoms with Crippen molar-refractivity contribution in [1.29, 1.82) is 0 Å². The van der Waals surface area contributed by atoms with E-state index in [1.807, 2.05) is 6.92 Å². The predicted octanol–water partition coefficient (Wildman–Crippen LogP) is 1.78. The molecule has 0 unspecified atom stereocenters. The zero-order chi connectivity index (χ0) is 15.1. The molecule has 110 valence electrons. The first kappa shape index (κ1) is 15.0. The molecule has 2 amide bonds. The van der Waals surface area contributed by atoms with Gasteiger partial charge in [0.15, 0.2) is 0 Å². The number of nitrogens with two attached hydrogens (primary N) is 1. The van der Waals surface area contributed by atoms with Crippen molar-refractivity contribution in [2.24, 2.45) is 11.1 Å². The standard InChI is InChI=1S/C14H20N2O3S/c1-13(2)10(6-14(13,3)19-4)16-12(18)9-5-8(7-20-9)11(15)17/h5,7,10H,6H2,1-4H3,(H2,15,17)(H,16,18)/t10-,14-/m0/s1. The lowest BCUT2D eigenvalue weighted by atomic mass is 9.56. The SMILES string of the molecule is CO[C@@]1(C)C[C@H](NC(=O)c2cc(C(N)=O)cs2)C1(C)C. The van der Waals surface area contributed by atoms with Crippen LogP contribution in [-0.4, -0.2) is 30.6 Å². The number of hydrogen-bond acceptors (Lipinski definition) is 4. The molecule has 0 saturated heterocycles. The van der Waals surface area contributed by atoms with Crippen molar-refractivity contribution >= 4 is 23.2 Å². The van der Waals surface area contributed by atoms with Gasteiger partial charge in [0.2, 0.25) is 5.91 Å². The maximum atomic E-state index is 12.2. The first-order valence-corrected chi connectivity index (χ1v) is 7.33. The summed E-state index contributed by atoms with van der Waals surface area (Å²) >= 11 is 1.22. The van der Waals surface area contributed by atoms with Crippen molar-refractivity contribution in [3.05, 3.63) is 21.9 Å². The lowest BCUT2D eigenvalue weighted by Gasteiger charge is -2.59. The Kier molecular flexibility index (Phi) is 3.64. The number of thiophene rings is 1. The zero-order valence-corrected chi connectivity index (χ0v) is 13.0. The Morgan fingerprint density at radius 2 is 2.10 bits per heavy atom. The second-order valence-electron chi connectivity index (χ2n) is 5.95. The summed E-state index contributed by atoms with van der Waals surface area (Å²) in [7, 11) is 1.69. The van der Waals surface area contributed by atoms with Crippen LogP contribution in [0.1, 0.15) is 47.2 Å². The Labute approximate surface area is 122 Å². The predicted molar refractivity (Wildman–Crippen MR) is 77.9 cm³/mol. The number of hydrogen-bond donors (Lipinski definition) is 2. The van der Waals surface area contributed by atoms with E-state index in [1.165, 1.54) is 17.4 Å². The van der Waals surface area contributed by atoms with E-state index >= 15 is 0 Å². The minimum Gasteiger partial charge on any atom is -0.378 e. The highest BCUT2D eigenvalue weighted by atomic mass is 32.1. The Morgan fingerprint density at radius 3 is 2.55 bits per heavy atom. The molecule has 0 spiro atoms. The van der Waals surface area contributed by atoms with Gasteiger partial charge in [-0.05, 0) is 19.4 Å². The molecule has 1 heterocycles. The quantitative estimate of drug-likeness (QED) is 0.888. The van der Waals surface area contributed by atoms with Crippen LogP contribution < -0.4 is 11.1 Å². The van der Waals surface area contributed by atoms with Gasteiger partial charge in [0, 0.05) is 23.9 Å². The normalized spacial score (nSPS) is 27.7. The summed E-state index contributed by atoms with van der Waals surface area (Å²) in [4.78, 5) is 23.7. The van der Waals surface area contributed by atoms with E-state index in [2.05, 4.69) is 19.2 Å². The lowest BCUT2D eigenvalue weighted by Crippen LogP contribution is -2.68. The van der Waals surface area contributed by atoms with Crippen molar-refractivity contribution in [3.63, 3.8) is 0 Å². The van der Waals surface area contributed by atoms with Crippen LogP contribution in [0.4, 0.5) is 0 Å². The number of ether oxygens (including phenoxy) is 1. The maximum absolute atomic E-state index is 12.2. The average Bonchev–Trinajstić information content (AvgIpc) is 2.87. The smallest absolute Gasteiger partial charge is 0.261 e. The van der Waals surface area contributed by atoms with Gasteiger partial charge in [-0.3, -0.25) is 9.59 Å². The van der Waals surface area contributed by atoms with E-state index in [0.717, 1.165) is 6.42 Å². The Bertz CT molecular complexity index is 552. The molecular weight excluding hydrogens is 276 g/mol. The van der Waals surface area contributed by atoms with Crippen molar-refractivity contribution in [3.8, 4) is 0 Å². The molecule has 0 aromatic carbocycles. The largest absolute Gasteiger partial charge is 0.378 e. The molecule has 1 aliphatic rings. The molecule has 0 bridgehead atoms. The minimum absolute atomic E-state index is 0.0547. The van der Waals surface area contributed by atoms with Crippen LogP contribution in [0.5, 0.6) is 0 Å². The van der Waals surface area contributed by atoms with E-state index < -0.39 is 5.91 Å². The molecule has 1 aliphatic carbocycles. The molecule has 20 heavy (non-hydrogen) atoms. The fourth-order valence-electron chi connectivity index (χ4n) is 2.54. The van der Waals surface area contributed by atoms with Crippen LogP contribution in [0.25, 0.3) is 0 Å². The van der Waals surface area contributed by atoms with Crippen molar-refractivity contribution in [2.45, 2.75) is 38.8 Å². The van der Waals surface area contributed by atoms with E-state index in [1.54, 1.807) is 12.5 Å². The third-order valence-corrected chi connectivity index (χ3v) is 5.62. The second kappa shape index (κ2) is 4.86. The van der Waals surface area contributed by atoms with Gasteiger partial charge in [0.25, 0.3) is 5.91 Å². The minimum atomic E-state index is -0.517. The molecule has 1 aromatic heterocycles. The molecule has 1 saturated carbocycles. The van der Waals surface area contributed by atoms with Crippen LogP contribution in [0.3, 0.4) is 0 Å². The van der Waals surface area contributed by atoms with Gasteiger partial charge in [-0.2, -0.15) is 0 Å². The molecule has 5 nitrogen and oxygen atoms in total. The number of carbonyl (C=O) groups is 2. The summed E-state index contributed by atoms with van der Waals surface area (Å²) in [5.41, 5.74) is 5.19. The van der Waals surface area contributed by atoms with Crippen molar-refractivity contribution in [1.82, 2.24) is 5.32 Å². The Morgan fingerprint density at radius 1 is 1.45 bits per heavy atom. The fourth-order valence-corrected chi connectivity index (χ4v) is 3.34. The van der Waals surface area contributed by atoms with Crippen LogP contribution in [-0.2, 0) is 4.74 Å². The molecule has 1 aromatic rings. The highest BCUT2D eigenvalue weighted by Gasteiger charge is 2.58. The van der Waals surface area contributed by atoms with Gasteiger partial charge in [0.1, 0.15) is 0 Å². The number of primary amides is 1. The van der Waals surface area contributed by atoms with Crippen LogP contribution in [0, 0.1) is 5.41 Å². The fraction of sp³-hybridized carbons (Fsp3) is 0.571. The topological polar surface area (TPSA) is 81.4 Å². The summed E-state index contributed by atoms with van der Waals surface area (Å²) < 4.78 is 5.53. The van der Waals surface area contributed by atoms with E-state index in [9.17, 15) is 9.59 Å². The number of nitrogens with one attached hydrogen (secondary N) is 1. The first-order chi connectivity index (χ1) is 9.21. The molecule has 3 N–H and O–H groups in total. The Hall–Kier alpha value is -1.40. The van der Waals surface area contributed by atoms with E-state index in [0.29, 0.717) is 10.4 Å². The summed E-state index contributed by atoms with van der Waals surface area (Å²) in [6, 6.07) is 1.59. The highest BCUT2D eigenvalue weighted by molar-refractivity contribution is 7.12. The van der Waals surface area contributed by atoms with Gasteiger partial charge in [-0.1, -0.05) is 13.8 Å². The maximum Gasteiger partial charge on any atom is 0.261 e. The van der Waals surface area contributed by atoms with Gasteiger partial charge in [0.05, 0.1) is 16.0 Å². The summed E-state index contributed by atoms with van der Waals surface area (Å²) in [5.74, 6) is -0.685.